The molecule has 0 aliphatic rings. The van der Waals surface area contributed by atoms with Crippen LogP contribution in [0.1, 0.15) is 23.9 Å². The Morgan fingerprint density at radius 1 is 1.39 bits per heavy atom. The number of thioether (sulfide) groups is 1. The van der Waals surface area contributed by atoms with E-state index in [2.05, 4.69) is 14.9 Å². The zero-order chi connectivity index (χ0) is 16.8. The molecule has 0 aliphatic carbocycles. The summed E-state index contributed by atoms with van der Waals surface area (Å²) in [4.78, 5) is 11.1. The maximum atomic E-state index is 11.1. The number of methoxy groups -OCH3 is 1. The highest BCUT2D eigenvalue weighted by atomic mass is 35.5. The summed E-state index contributed by atoms with van der Waals surface area (Å²) < 4.78 is 6.48. The first-order valence-corrected chi connectivity index (χ1v) is 8.46. The maximum absolute atomic E-state index is 11.1. The van der Waals surface area contributed by atoms with Crippen LogP contribution in [0.3, 0.4) is 0 Å². The van der Waals surface area contributed by atoms with Crippen molar-refractivity contribution in [1.29, 1.82) is 0 Å². The molecule has 0 saturated carbocycles. The van der Waals surface area contributed by atoms with Crippen LogP contribution in [0.5, 0.6) is 0 Å². The van der Waals surface area contributed by atoms with E-state index < -0.39 is 0 Å². The van der Waals surface area contributed by atoms with Gasteiger partial charge in [-0.2, -0.15) is 0 Å². The number of carbonyl (C=O) groups excluding carboxylic acids is 1. The van der Waals surface area contributed by atoms with Gasteiger partial charge >= 0.3 is 5.97 Å². The molecule has 0 bridgehead atoms. The lowest BCUT2D eigenvalue weighted by molar-refractivity contribution is -0.140. The second-order valence-corrected chi connectivity index (χ2v) is 6.51. The van der Waals surface area contributed by atoms with Crippen molar-refractivity contribution >= 4 is 29.3 Å². The van der Waals surface area contributed by atoms with E-state index in [0.29, 0.717) is 29.4 Å². The Hall–Kier alpha value is -1.57. The second-order valence-electron chi connectivity index (χ2n) is 5.01. The first-order valence-electron chi connectivity index (χ1n) is 7.10. The van der Waals surface area contributed by atoms with Crippen LogP contribution < -0.4 is 5.73 Å². The van der Waals surface area contributed by atoms with Crippen LogP contribution >= 0.6 is 23.4 Å². The molecular weight excluding hydrogens is 336 g/mol. The Morgan fingerprint density at radius 3 is 2.74 bits per heavy atom. The number of rotatable bonds is 7. The van der Waals surface area contributed by atoms with Gasteiger partial charge in [-0.3, -0.25) is 4.79 Å². The number of carbonyl (C=O) groups is 1. The zero-order valence-electron chi connectivity index (χ0n) is 13.0. The minimum Gasteiger partial charge on any atom is -0.469 e. The van der Waals surface area contributed by atoms with E-state index in [-0.39, 0.29) is 12.0 Å². The van der Waals surface area contributed by atoms with Gasteiger partial charge in [-0.25, -0.2) is 0 Å². The molecular formula is C15H19ClN4O2S. The summed E-state index contributed by atoms with van der Waals surface area (Å²) in [5, 5.41) is 9.74. The summed E-state index contributed by atoms with van der Waals surface area (Å²) >= 11 is 7.33. The Kier molecular flexibility index (Phi) is 6.44. The van der Waals surface area contributed by atoms with Crippen LogP contribution in [0.25, 0.3) is 0 Å². The van der Waals surface area contributed by atoms with E-state index in [1.807, 2.05) is 35.9 Å². The van der Waals surface area contributed by atoms with E-state index >= 15 is 0 Å². The predicted molar refractivity (Wildman–Crippen MR) is 90.4 cm³/mol. The van der Waals surface area contributed by atoms with Gasteiger partial charge in [0.25, 0.3) is 0 Å². The number of nitrogens with zero attached hydrogens (tertiary/aromatic N) is 3. The Labute approximate surface area is 144 Å². The first kappa shape index (κ1) is 17.8. The maximum Gasteiger partial charge on any atom is 0.306 e. The molecule has 6 nitrogen and oxygen atoms in total. The van der Waals surface area contributed by atoms with Gasteiger partial charge in [-0.1, -0.05) is 35.5 Å². The largest absolute Gasteiger partial charge is 0.469 e. The summed E-state index contributed by atoms with van der Waals surface area (Å²) in [5.74, 6) is 1.06. The van der Waals surface area contributed by atoms with Gasteiger partial charge in [0.05, 0.1) is 19.6 Å². The third-order valence-corrected chi connectivity index (χ3v) is 4.61. The number of hydrogen-bond donors (Lipinski definition) is 1. The number of halogens is 1. The lowest BCUT2D eigenvalue weighted by Crippen LogP contribution is -2.18. The van der Waals surface area contributed by atoms with Crippen LogP contribution in [-0.2, 0) is 23.0 Å². The zero-order valence-corrected chi connectivity index (χ0v) is 14.6. The highest BCUT2D eigenvalue weighted by molar-refractivity contribution is 7.99. The molecule has 23 heavy (non-hydrogen) atoms. The molecule has 1 heterocycles. The van der Waals surface area contributed by atoms with Gasteiger partial charge in [0.2, 0.25) is 0 Å². The quantitative estimate of drug-likeness (QED) is 0.607. The second kappa shape index (κ2) is 8.33. The summed E-state index contributed by atoms with van der Waals surface area (Å²) in [5.41, 5.74) is 7.33. The van der Waals surface area contributed by atoms with Crippen LogP contribution in [0.4, 0.5) is 0 Å². The van der Waals surface area contributed by atoms with E-state index in [0.717, 1.165) is 10.7 Å². The monoisotopic (exact) mass is 354 g/mol. The lowest BCUT2D eigenvalue weighted by Gasteiger charge is -2.11. The Balaban J connectivity index is 1.97. The van der Waals surface area contributed by atoms with Crippen molar-refractivity contribution in [2.24, 2.45) is 12.8 Å². The van der Waals surface area contributed by atoms with Crippen molar-refractivity contribution in [3.8, 4) is 0 Å². The van der Waals surface area contributed by atoms with E-state index in [4.69, 9.17) is 17.3 Å². The Bertz CT molecular complexity index is 660. The van der Waals surface area contributed by atoms with Crippen LogP contribution in [0.2, 0.25) is 5.02 Å². The average molecular weight is 355 g/mol. The Morgan fingerprint density at radius 2 is 2.09 bits per heavy atom. The van der Waals surface area contributed by atoms with E-state index in [1.54, 1.807) is 0 Å². The molecule has 0 amide bonds. The third kappa shape index (κ3) is 4.95. The summed E-state index contributed by atoms with van der Waals surface area (Å²) in [6, 6.07) is 7.32. The number of esters is 1. The number of nitrogens with two attached hydrogens (primary N) is 1. The van der Waals surface area contributed by atoms with E-state index in [9.17, 15) is 4.79 Å². The smallest absolute Gasteiger partial charge is 0.306 e. The number of benzene rings is 1. The topological polar surface area (TPSA) is 83.0 Å². The summed E-state index contributed by atoms with van der Waals surface area (Å²) in [7, 11) is 3.25. The number of ether oxygens (including phenoxy) is 1. The van der Waals surface area contributed by atoms with Crippen molar-refractivity contribution in [3.05, 3.63) is 40.7 Å². The fourth-order valence-corrected chi connectivity index (χ4v) is 3.03. The van der Waals surface area contributed by atoms with Gasteiger partial charge in [0.1, 0.15) is 0 Å². The fourth-order valence-electron chi connectivity index (χ4n) is 2.07. The molecule has 1 unspecified atom stereocenters. The minimum atomic E-state index is -0.261. The molecule has 0 fully saturated rings. The SMILES string of the molecule is COC(=O)CCSc1nnc(C(N)Cc2ccc(Cl)cc2)n1C. The summed E-state index contributed by atoms with van der Waals surface area (Å²) in [6.45, 7) is 0. The van der Waals surface area contributed by atoms with Crippen molar-refractivity contribution in [3.63, 3.8) is 0 Å². The molecule has 1 aromatic heterocycles. The lowest BCUT2D eigenvalue weighted by atomic mass is 10.1. The molecule has 0 aliphatic heterocycles. The molecule has 2 N–H and O–H groups in total. The van der Waals surface area contributed by atoms with Crippen molar-refractivity contribution in [2.45, 2.75) is 24.0 Å². The van der Waals surface area contributed by atoms with Gasteiger partial charge in [-0.15, -0.1) is 10.2 Å². The van der Waals surface area contributed by atoms with Gasteiger partial charge < -0.3 is 15.0 Å². The molecule has 0 saturated heterocycles. The van der Waals surface area contributed by atoms with Crippen LogP contribution in [0.15, 0.2) is 29.4 Å². The molecule has 1 atom stereocenters. The predicted octanol–water partition coefficient (Wildman–Crippen LogP) is 2.37. The minimum absolute atomic E-state index is 0.237. The van der Waals surface area contributed by atoms with E-state index in [1.165, 1.54) is 18.9 Å². The normalized spacial score (nSPS) is 12.2. The summed E-state index contributed by atoms with van der Waals surface area (Å²) in [6.07, 6.45) is 0.982. The number of hydrogen-bond acceptors (Lipinski definition) is 6. The fraction of sp³-hybridized carbons (Fsp3) is 0.400. The molecule has 1 aromatic carbocycles. The molecule has 0 spiro atoms. The van der Waals surface area contributed by atoms with Gasteiger partial charge in [0, 0.05) is 17.8 Å². The highest BCUT2D eigenvalue weighted by Gasteiger charge is 2.17. The van der Waals surface area contributed by atoms with Crippen molar-refractivity contribution in [2.75, 3.05) is 12.9 Å². The highest BCUT2D eigenvalue weighted by Crippen LogP contribution is 2.21. The average Bonchev–Trinajstić information content (AvgIpc) is 2.90. The standard InChI is InChI=1S/C15H19ClN4O2S/c1-20-14(12(17)9-10-3-5-11(16)6-4-10)18-19-15(20)23-8-7-13(21)22-2/h3-6,12H,7-9,17H2,1-2H3. The number of aromatic nitrogens is 3. The van der Waals surface area contributed by atoms with Crippen LogP contribution in [0, 0.1) is 0 Å². The van der Waals surface area contributed by atoms with Gasteiger partial charge in [-0.05, 0) is 24.1 Å². The molecule has 124 valence electrons. The molecule has 2 rings (SSSR count). The first-order chi connectivity index (χ1) is 11.0. The van der Waals surface area contributed by atoms with Gasteiger partial charge in [0.15, 0.2) is 11.0 Å². The molecule has 8 heteroatoms. The van der Waals surface area contributed by atoms with Crippen molar-refractivity contribution < 1.29 is 9.53 Å². The molecule has 0 radical (unpaired) electrons. The molecule has 2 aromatic rings. The third-order valence-electron chi connectivity index (χ3n) is 3.33. The van der Waals surface area contributed by atoms with Crippen LogP contribution in [-0.4, -0.2) is 33.6 Å². The van der Waals surface area contributed by atoms with Crippen molar-refractivity contribution in [1.82, 2.24) is 14.8 Å².